The summed E-state index contributed by atoms with van der Waals surface area (Å²) in [7, 11) is 1.80. The van der Waals surface area contributed by atoms with Gasteiger partial charge >= 0.3 is 0 Å². The van der Waals surface area contributed by atoms with Gasteiger partial charge in [-0.3, -0.25) is 4.99 Å². The van der Waals surface area contributed by atoms with Crippen molar-refractivity contribution in [3.05, 3.63) is 16.1 Å². The predicted molar refractivity (Wildman–Crippen MR) is 99.6 cm³/mol. The van der Waals surface area contributed by atoms with Crippen LogP contribution in [0.25, 0.3) is 0 Å². The SMILES string of the molecule is CCC(C)NC(=NC)NCCc1csc(C(C)C)n1.I. The van der Waals surface area contributed by atoms with Crippen molar-refractivity contribution in [3.8, 4) is 0 Å². The first-order chi connectivity index (χ1) is 9.06. The van der Waals surface area contributed by atoms with Gasteiger partial charge in [-0.25, -0.2) is 4.98 Å². The molecule has 0 bridgehead atoms. The van der Waals surface area contributed by atoms with Gasteiger partial charge in [-0.15, -0.1) is 35.3 Å². The topological polar surface area (TPSA) is 49.3 Å². The van der Waals surface area contributed by atoms with Gasteiger partial charge in [0, 0.05) is 37.4 Å². The van der Waals surface area contributed by atoms with Gasteiger partial charge < -0.3 is 10.6 Å². The van der Waals surface area contributed by atoms with Crippen molar-refractivity contribution in [1.82, 2.24) is 15.6 Å². The molecule has 1 unspecified atom stereocenters. The normalized spacial score (nSPS) is 13.0. The molecule has 0 aromatic carbocycles. The molecule has 20 heavy (non-hydrogen) atoms. The summed E-state index contributed by atoms with van der Waals surface area (Å²) < 4.78 is 0. The van der Waals surface area contributed by atoms with Gasteiger partial charge in [0.25, 0.3) is 0 Å². The quantitative estimate of drug-likeness (QED) is 0.430. The summed E-state index contributed by atoms with van der Waals surface area (Å²) in [5.74, 6) is 1.39. The van der Waals surface area contributed by atoms with Crippen molar-refractivity contribution in [2.75, 3.05) is 13.6 Å². The summed E-state index contributed by atoms with van der Waals surface area (Å²) in [6.45, 7) is 9.53. The second-order valence-electron chi connectivity index (χ2n) is 5.03. The van der Waals surface area contributed by atoms with Crippen LogP contribution in [0.2, 0.25) is 0 Å². The molecule has 0 spiro atoms. The van der Waals surface area contributed by atoms with Crippen molar-refractivity contribution in [1.29, 1.82) is 0 Å². The standard InChI is InChI=1S/C14H26N4S.HI/c1-6-11(4)17-14(15-5)16-8-7-12-9-19-13(18-12)10(2)3;/h9-11H,6-8H2,1-5H3,(H2,15,16,17);1H. The van der Waals surface area contributed by atoms with Crippen LogP contribution < -0.4 is 10.6 Å². The maximum atomic E-state index is 4.63. The number of nitrogens with zero attached hydrogens (tertiary/aromatic N) is 2. The van der Waals surface area contributed by atoms with Crippen molar-refractivity contribution < 1.29 is 0 Å². The average molecular weight is 410 g/mol. The molecule has 0 radical (unpaired) electrons. The maximum Gasteiger partial charge on any atom is 0.191 e. The molecule has 1 heterocycles. The van der Waals surface area contributed by atoms with Crippen LogP contribution in [0.4, 0.5) is 0 Å². The molecule has 4 nitrogen and oxygen atoms in total. The number of hydrogen-bond donors (Lipinski definition) is 2. The van der Waals surface area contributed by atoms with Crippen LogP contribution in [0.3, 0.4) is 0 Å². The summed E-state index contributed by atoms with van der Waals surface area (Å²) in [6.07, 6.45) is 2.02. The molecule has 0 aliphatic carbocycles. The lowest BCUT2D eigenvalue weighted by Gasteiger charge is -2.16. The van der Waals surface area contributed by atoms with Crippen molar-refractivity contribution in [2.24, 2.45) is 4.99 Å². The number of thiazole rings is 1. The lowest BCUT2D eigenvalue weighted by atomic mass is 10.2. The number of aliphatic imine (C=N–C) groups is 1. The van der Waals surface area contributed by atoms with E-state index in [1.807, 2.05) is 0 Å². The predicted octanol–water partition coefficient (Wildman–Crippen LogP) is 3.39. The van der Waals surface area contributed by atoms with E-state index in [0.29, 0.717) is 12.0 Å². The van der Waals surface area contributed by atoms with Crippen molar-refractivity contribution >= 4 is 41.3 Å². The molecule has 2 N–H and O–H groups in total. The van der Waals surface area contributed by atoms with E-state index in [-0.39, 0.29) is 24.0 Å². The van der Waals surface area contributed by atoms with E-state index in [1.165, 1.54) is 10.7 Å². The van der Waals surface area contributed by atoms with Gasteiger partial charge in [0.15, 0.2) is 5.96 Å². The van der Waals surface area contributed by atoms with Crippen molar-refractivity contribution in [2.45, 2.75) is 52.5 Å². The first-order valence-electron chi connectivity index (χ1n) is 6.98. The summed E-state index contributed by atoms with van der Waals surface area (Å²) in [4.78, 5) is 8.85. The summed E-state index contributed by atoms with van der Waals surface area (Å²) >= 11 is 1.75. The van der Waals surface area contributed by atoms with Crippen LogP contribution in [0.1, 0.15) is 50.7 Å². The highest BCUT2D eigenvalue weighted by Crippen LogP contribution is 2.19. The number of guanidine groups is 1. The van der Waals surface area contributed by atoms with Gasteiger partial charge in [-0.2, -0.15) is 0 Å². The third-order valence-corrected chi connectivity index (χ3v) is 4.15. The minimum Gasteiger partial charge on any atom is -0.356 e. The highest BCUT2D eigenvalue weighted by atomic mass is 127. The van der Waals surface area contributed by atoms with E-state index in [0.717, 1.165) is 25.3 Å². The summed E-state index contributed by atoms with van der Waals surface area (Å²) in [5, 5.41) is 10.0. The number of halogens is 1. The molecule has 6 heteroatoms. The largest absolute Gasteiger partial charge is 0.356 e. The number of rotatable bonds is 6. The average Bonchev–Trinajstić information content (AvgIpc) is 2.86. The van der Waals surface area contributed by atoms with Crippen molar-refractivity contribution in [3.63, 3.8) is 0 Å². The highest BCUT2D eigenvalue weighted by Gasteiger charge is 2.06. The molecular formula is C14H27IN4S. The fraction of sp³-hybridized carbons (Fsp3) is 0.714. The molecule has 1 atom stereocenters. The van der Waals surface area contributed by atoms with Gasteiger partial charge in [0.05, 0.1) is 10.7 Å². The Balaban J connectivity index is 0.00000361. The van der Waals surface area contributed by atoms with E-state index < -0.39 is 0 Å². The van der Waals surface area contributed by atoms with Crippen LogP contribution in [0.5, 0.6) is 0 Å². The van der Waals surface area contributed by atoms with Gasteiger partial charge in [0.1, 0.15) is 0 Å². The van der Waals surface area contributed by atoms with Gasteiger partial charge in [-0.05, 0) is 13.3 Å². The number of nitrogens with one attached hydrogen (secondary N) is 2. The Kier molecular flexibility index (Phi) is 10.2. The first kappa shape index (κ1) is 19.6. The second kappa shape index (κ2) is 10.4. The monoisotopic (exact) mass is 410 g/mol. The fourth-order valence-electron chi connectivity index (χ4n) is 1.54. The molecule has 0 amide bonds. The van der Waals surface area contributed by atoms with E-state index in [4.69, 9.17) is 0 Å². The Morgan fingerprint density at radius 2 is 2.10 bits per heavy atom. The molecule has 1 aromatic rings. The van der Waals surface area contributed by atoms with Crippen LogP contribution in [-0.4, -0.2) is 30.6 Å². The molecule has 0 saturated carbocycles. The highest BCUT2D eigenvalue weighted by molar-refractivity contribution is 14.0. The molecule has 1 aromatic heterocycles. The zero-order valence-corrected chi connectivity index (χ0v) is 16.2. The zero-order valence-electron chi connectivity index (χ0n) is 13.1. The van der Waals surface area contributed by atoms with Gasteiger partial charge in [0.2, 0.25) is 0 Å². The lowest BCUT2D eigenvalue weighted by molar-refractivity contribution is 0.623. The Hall–Kier alpha value is -0.370. The molecule has 116 valence electrons. The van der Waals surface area contributed by atoms with Crippen LogP contribution >= 0.6 is 35.3 Å². The molecule has 0 fully saturated rings. The Morgan fingerprint density at radius 1 is 1.40 bits per heavy atom. The Morgan fingerprint density at radius 3 is 2.60 bits per heavy atom. The summed E-state index contributed by atoms with van der Waals surface area (Å²) in [5.41, 5.74) is 1.17. The third kappa shape index (κ3) is 6.88. The third-order valence-electron chi connectivity index (χ3n) is 2.96. The molecule has 0 saturated heterocycles. The minimum atomic E-state index is 0. The van der Waals surface area contributed by atoms with E-state index in [1.54, 1.807) is 18.4 Å². The lowest BCUT2D eigenvalue weighted by Crippen LogP contribution is -2.42. The van der Waals surface area contributed by atoms with Crippen LogP contribution in [0, 0.1) is 0 Å². The maximum absolute atomic E-state index is 4.63. The molecule has 0 aliphatic rings. The zero-order chi connectivity index (χ0) is 14.3. The first-order valence-corrected chi connectivity index (χ1v) is 7.86. The van der Waals surface area contributed by atoms with E-state index in [2.05, 4.69) is 53.7 Å². The molecular weight excluding hydrogens is 383 g/mol. The van der Waals surface area contributed by atoms with Gasteiger partial charge in [-0.1, -0.05) is 20.8 Å². The van der Waals surface area contributed by atoms with E-state index in [9.17, 15) is 0 Å². The van der Waals surface area contributed by atoms with Crippen LogP contribution in [0.15, 0.2) is 10.4 Å². The minimum absolute atomic E-state index is 0. The number of hydrogen-bond acceptors (Lipinski definition) is 3. The molecule has 0 aliphatic heterocycles. The van der Waals surface area contributed by atoms with E-state index >= 15 is 0 Å². The molecule has 1 rings (SSSR count). The van der Waals surface area contributed by atoms with Crippen LogP contribution in [-0.2, 0) is 6.42 Å². The smallest absolute Gasteiger partial charge is 0.191 e. The Bertz CT molecular complexity index is 404. The Labute approximate surface area is 143 Å². The number of aromatic nitrogens is 1. The fourth-order valence-corrected chi connectivity index (χ4v) is 2.41. The second-order valence-corrected chi connectivity index (χ2v) is 5.92. The summed E-state index contributed by atoms with van der Waals surface area (Å²) in [6, 6.07) is 0.443.